The summed E-state index contributed by atoms with van der Waals surface area (Å²) in [5.74, 6) is 0.824. The van der Waals surface area contributed by atoms with Crippen LogP contribution in [0.25, 0.3) is 0 Å². The van der Waals surface area contributed by atoms with E-state index in [2.05, 4.69) is 24.1 Å². The van der Waals surface area contributed by atoms with Gasteiger partial charge in [0.1, 0.15) is 11.4 Å². The molecule has 3 atom stereocenters. The molecule has 0 bridgehead atoms. The number of carboxylic acids is 1. The number of hydrogen-bond donors (Lipinski definition) is 2. The molecule has 4 heteroatoms. The number of nitrogens with zero attached hydrogens (tertiary/aromatic N) is 1. The first kappa shape index (κ1) is 12.9. The average molecular weight is 248 g/mol. The minimum atomic E-state index is -0.915. The highest BCUT2D eigenvalue weighted by Gasteiger charge is 2.30. The van der Waals surface area contributed by atoms with Crippen molar-refractivity contribution in [3.8, 4) is 0 Å². The van der Waals surface area contributed by atoms with Gasteiger partial charge in [0, 0.05) is 12.2 Å². The van der Waals surface area contributed by atoms with Crippen molar-refractivity contribution in [1.29, 1.82) is 0 Å². The molecule has 0 spiro atoms. The van der Waals surface area contributed by atoms with Gasteiger partial charge in [0.2, 0.25) is 0 Å². The Bertz CT molecular complexity index is 459. The smallest absolute Gasteiger partial charge is 0.339 e. The zero-order chi connectivity index (χ0) is 13.3. The Labute approximate surface area is 107 Å². The zero-order valence-electron chi connectivity index (χ0n) is 11.1. The molecule has 0 radical (unpaired) electrons. The molecular formula is C14H20N2O2. The average Bonchev–Trinajstić information content (AvgIpc) is 2.60. The fraction of sp³-hybridized carbons (Fsp3) is 0.571. The van der Waals surface area contributed by atoms with E-state index < -0.39 is 5.97 Å². The maximum atomic E-state index is 11.3. The lowest BCUT2D eigenvalue weighted by Gasteiger charge is -2.21. The third-order valence-corrected chi connectivity index (χ3v) is 4.16. The highest BCUT2D eigenvalue weighted by Crippen LogP contribution is 2.33. The van der Waals surface area contributed by atoms with Crippen LogP contribution in [-0.4, -0.2) is 22.1 Å². The molecule has 2 rings (SSSR count). The fourth-order valence-electron chi connectivity index (χ4n) is 2.68. The molecule has 4 nitrogen and oxygen atoms in total. The largest absolute Gasteiger partial charge is 0.478 e. The second kappa shape index (κ2) is 4.96. The van der Waals surface area contributed by atoms with Crippen molar-refractivity contribution in [2.24, 2.45) is 11.8 Å². The van der Waals surface area contributed by atoms with Crippen LogP contribution < -0.4 is 5.32 Å². The predicted octanol–water partition coefficient (Wildman–Crippen LogP) is 2.93. The molecule has 1 aromatic heterocycles. The highest BCUT2D eigenvalue weighted by atomic mass is 16.4. The van der Waals surface area contributed by atoms with E-state index in [-0.39, 0.29) is 0 Å². The van der Waals surface area contributed by atoms with Gasteiger partial charge in [-0.2, -0.15) is 0 Å². The Hall–Kier alpha value is -1.58. The number of carbonyl (C=O) groups is 1. The summed E-state index contributed by atoms with van der Waals surface area (Å²) in [5.41, 5.74) is 1.04. The summed E-state index contributed by atoms with van der Waals surface area (Å²) in [5, 5.41) is 12.6. The normalized spacial score (nSPS) is 27.2. The van der Waals surface area contributed by atoms with E-state index in [4.69, 9.17) is 0 Å². The molecule has 1 saturated carbocycles. The van der Waals surface area contributed by atoms with Gasteiger partial charge in [0.25, 0.3) is 0 Å². The quantitative estimate of drug-likeness (QED) is 0.863. The van der Waals surface area contributed by atoms with Crippen LogP contribution in [-0.2, 0) is 0 Å². The summed E-state index contributed by atoms with van der Waals surface area (Å²) >= 11 is 0. The Kier molecular flexibility index (Phi) is 3.55. The first-order valence-electron chi connectivity index (χ1n) is 6.46. The molecule has 18 heavy (non-hydrogen) atoms. The second-order valence-corrected chi connectivity index (χ2v) is 5.32. The van der Waals surface area contributed by atoms with E-state index in [0.29, 0.717) is 29.3 Å². The zero-order valence-corrected chi connectivity index (χ0v) is 11.1. The maximum absolute atomic E-state index is 11.3. The van der Waals surface area contributed by atoms with Crippen LogP contribution in [0.15, 0.2) is 12.3 Å². The van der Waals surface area contributed by atoms with Crippen molar-refractivity contribution < 1.29 is 9.90 Å². The lowest BCUT2D eigenvalue weighted by Crippen LogP contribution is -2.26. The third kappa shape index (κ3) is 2.33. The third-order valence-electron chi connectivity index (χ3n) is 4.16. The summed E-state index contributed by atoms with van der Waals surface area (Å²) in [4.78, 5) is 15.5. The molecule has 2 N–H and O–H groups in total. The van der Waals surface area contributed by atoms with Gasteiger partial charge in [-0.15, -0.1) is 0 Å². The van der Waals surface area contributed by atoms with Crippen molar-refractivity contribution >= 4 is 11.8 Å². The van der Waals surface area contributed by atoms with Crippen LogP contribution in [0.3, 0.4) is 0 Å². The topological polar surface area (TPSA) is 62.2 Å². The van der Waals surface area contributed by atoms with Crippen LogP contribution >= 0.6 is 0 Å². The first-order chi connectivity index (χ1) is 8.50. The molecule has 0 saturated heterocycles. The summed E-state index contributed by atoms with van der Waals surface area (Å²) < 4.78 is 0. The van der Waals surface area contributed by atoms with E-state index in [9.17, 15) is 9.90 Å². The number of aryl methyl sites for hydroxylation is 1. The molecule has 0 aromatic carbocycles. The van der Waals surface area contributed by atoms with Crippen LogP contribution in [0.5, 0.6) is 0 Å². The molecular weight excluding hydrogens is 228 g/mol. The molecule has 1 aliphatic rings. The minimum Gasteiger partial charge on any atom is -0.478 e. The van der Waals surface area contributed by atoms with E-state index >= 15 is 0 Å². The standard InChI is InChI=1S/C14H20N2O2/c1-8-4-5-11(10(8)3)16-13-12(14(17)18)9(2)6-7-15-13/h6-8,10-11H,4-5H2,1-3H3,(H,15,16)(H,17,18). The fourth-order valence-corrected chi connectivity index (χ4v) is 2.68. The van der Waals surface area contributed by atoms with Gasteiger partial charge < -0.3 is 10.4 Å². The van der Waals surface area contributed by atoms with Crippen LogP contribution in [0.1, 0.15) is 42.6 Å². The van der Waals surface area contributed by atoms with Gasteiger partial charge in [0.15, 0.2) is 0 Å². The Balaban J connectivity index is 2.24. The van der Waals surface area contributed by atoms with Gasteiger partial charge in [0.05, 0.1) is 0 Å². The van der Waals surface area contributed by atoms with E-state index in [1.807, 2.05) is 0 Å². The van der Waals surface area contributed by atoms with E-state index in [0.717, 1.165) is 12.0 Å². The Morgan fingerprint density at radius 1 is 1.44 bits per heavy atom. The molecule has 0 amide bonds. The van der Waals surface area contributed by atoms with Gasteiger partial charge in [-0.05, 0) is 43.2 Å². The number of aromatic carboxylic acids is 1. The van der Waals surface area contributed by atoms with E-state index in [1.54, 1.807) is 19.2 Å². The van der Waals surface area contributed by atoms with Crippen LogP contribution in [0.2, 0.25) is 0 Å². The number of anilines is 1. The lowest BCUT2D eigenvalue weighted by atomic mass is 9.97. The molecule has 1 fully saturated rings. The number of nitrogens with one attached hydrogen (secondary N) is 1. The van der Waals surface area contributed by atoms with Crippen molar-refractivity contribution in [3.05, 3.63) is 23.4 Å². The van der Waals surface area contributed by atoms with Gasteiger partial charge >= 0.3 is 5.97 Å². The van der Waals surface area contributed by atoms with E-state index in [1.165, 1.54) is 6.42 Å². The summed E-state index contributed by atoms with van der Waals surface area (Å²) in [7, 11) is 0. The van der Waals surface area contributed by atoms with Gasteiger partial charge in [-0.1, -0.05) is 13.8 Å². The monoisotopic (exact) mass is 248 g/mol. The Morgan fingerprint density at radius 3 is 2.72 bits per heavy atom. The number of carboxylic acid groups (broad SMARTS) is 1. The van der Waals surface area contributed by atoms with Gasteiger partial charge in [-0.25, -0.2) is 9.78 Å². The summed E-state index contributed by atoms with van der Waals surface area (Å²) in [6, 6.07) is 2.06. The van der Waals surface area contributed by atoms with Crippen molar-refractivity contribution in [2.75, 3.05) is 5.32 Å². The molecule has 1 aliphatic carbocycles. The minimum absolute atomic E-state index is 0.296. The molecule has 0 aliphatic heterocycles. The van der Waals surface area contributed by atoms with Crippen LogP contribution in [0.4, 0.5) is 5.82 Å². The molecule has 3 unspecified atom stereocenters. The predicted molar refractivity (Wildman–Crippen MR) is 70.9 cm³/mol. The molecule has 98 valence electrons. The highest BCUT2D eigenvalue weighted by molar-refractivity contribution is 5.94. The number of rotatable bonds is 3. The van der Waals surface area contributed by atoms with Gasteiger partial charge in [-0.3, -0.25) is 0 Å². The summed E-state index contributed by atoms with van der Waals surface area (Å²) in [6.45, 7) is 6.26. The Morgan fingerprint density at radius 2 is 2.17 bits per heavy atom. The lowest BCUT2D eigenvalue weighted by molar-refractivity contribution is 0.0696. The number of hydrogen-bond acceptors (Lipinski definition) is 3. The van der Waals surface area contributed by atoms with Crippen molar-refractivity contribution in [3.63, 3.8) is 0 Å². The SMILES string of the molecule is Cc1ccnc(NC2CCC(C)C2C)c1C(=O)O. The van der Waals surface area contributed by atoms with Crippen molar-refractivity contribution in [1.82, 2.24) is 4.98 Å². The first-order valence-corrected chi connectivity index (χ1v) is 6.46. The summed E-state index contributed by atoms with van der Waals surface area (Å²) in [6.07, 6.45) is 3.93. The van der Waals surface area contributed by atoms with Crippen molar-refractivity contribution in [2.45, 2.75) is 39.7 Å². The maximum Gasteiger partial charge on any atom is 0.339 e. The number of aromatic nitrogens is 1. The molecule has 1 heterocycles. The number of pyridine rings is 1. The van der Waals surface area contributed by atoms with Crippen LogP contribution in [0, 0.1) is 18.8 Å². The molecule has 1 aromatic rings. The second-order valence-electron chi connectivity index (χ2n) is 5.32.